The summed E-state index contributed by atoms with van der Waals surface area (Å²) in [5.74, 6) is 1.30. The van der Waals surface area contributed by atoms with Crippen molar-refractivity contribution in [1.82, 2.24) is 0 Å². The molecule has 0 saturated heterocycles. The summed E-state index contributed by atoms with van der Waals surface area (Å²) in [6.45, 7) is 7.18. The minimum Gasteiger partial charge on any atom is -0.546 e. The van der Waals surface area contributed by atoms with Crippen LogP contribution in [0.2, 0.25) is 19.6 Å². The average molecular weight is 339 g/mol. The third-order valence-electron chi connectivity index (χ3n) is 4.16. The van der Waals surface area contributed by atoms with Crippen LogP contribution in [0.5, 0.6) is 0 Å². The number of allylic oxidation sites excluding steroid dienone is 1. The Morgan fingerprint density at radius 1 is 0.875 bits per heavy atom. The minimum atomic E-state index is -1.62. The highest BCUT2D eigenvalue weighted by Gasteiger charge is 2.29. The van der Waals surface area contributed by atoms with Crippen LogP contribution >= 0.6 is 0 Å². The van der Waals surface area contributed by atoms with Crippen molar-refractivity contribution in [2.45, 2.75) is 38.1 Å². The molecule has 0 N–H and O–H groups in total. The molecule has 0 aromatic heterocycles. The van der Waals surface area contributed by atoms with Crippen molar-refractivity contribution >= 4 is 8.32 Å². The Kier molecular flexibility index (Phi) is 5.22. The summed E-state index contributed by atoms with van der Waals surface area (Å²) < 4.78 is 12.5. The highest BCUT2D eigenvalue weighted by Crippen LogP contribution is 2.39. The van der Waals surface area contributed by atoms with E-state index in [9.17, 15) is 0 Å². The van der Waals surface area contributed by atoms with E-state index >= 15 is 0 Å². The lowest BCUT2D eigenvalue weighted by molar-refractivity contribution is 0.0418. The van der Waals surface area contributed by atoms with Crippen LogP contribution in [0.15, 0.2) is 72.5 Å². The van der Waals surface area contributed by atoms with Crippen molar-refractivity contribution in [1.29, 1.82) is 0 Å². The molecule has 2 atom stereocenters. The van der Waals surface area contributed by atoms with E-state index in [1.165, 1.54) is 11.1 Å². The topological polar surface area (TPSA) is 18.5 Å². The van der Waals surface area contributed by atoms with E-state index in [0.717, 1.165) is 12.2 Å². The first-order valence-corrected chi connectivity index (χ1v) is 12.0. The lowest BCUT2D eigenvalue weighted by atomic mass is 9.87. The number of benzene rings is 2. The normalized spacial score (nSPS) is 21.7. The fourth-order valence-corrected chi connectivity index (χ4v) is 4.10. The molecular formula is C21H26O2Si. The Morgan fingerprint density at radius 2 is 1.46 bits per heavy atom. The summed E-state index contributed by atoms with van der Waals surface area (Å²) in [6, 6.07) is 21.2. The molecule has 1 aliphatic rings. The molecule has 3 heteroatoms. The molecule has 2 aromatic rings. The van der Waals surface area contributed by atoms with Crippen molar-refractivity contribution in [3.8, 4) is 0 Å². The van der Waals surface area contributed by atoms with Gasteiger partial charge in [-0.05, 0) is 43.3 Å². The van der Waals surface area contributed by atoms with Gasteiger partial charge in [0.25, 0.3) is 0 Å². The molecule has 0 amide bonds. The average Bonchev–Trinajstić information content (AvgIpc) is 2.77. The smallest absolute Gasteiger partial charge is 0.241 e. The SMILES string of the molecule is C[Si](C)(C)OC1=CC[C@H](c2ccccc2)[C@@H](c2ccccc2)OC1. The zero-order valence-corrected chi connectivity index (χ0v) is 15.7. The molecule has 0 saturated carbocycles. The van der Waals surface area contributed by atoms with E-state index in [-0.39, 0.29) is 6.10 Å². The summed E-state index contributed by atoms with van der Waals surface area (Å²) in [6.07, 6.45) is 3.22. The summed E-state index contributed by atoms with van der Waals surface area (Å²) >= 11 is 0. The van der Waals surface area contributed by atoms with Crippen molar-refractivity contribution < 1.29 is 9.16 Å². The molecule has 0 radical (unpaired) electrons. The van der Waals surface area contributed by atoms with E-state index in [4.69, 9.17) is 9.16 Å². The lowest BCUT2D eigenvalue weighted by Crippen LogP contribution is -2.26. The van der Waals surface area contributed by atoms with Crippen molar-refractivity contribution in [2.24, 2.45) is 0 Å². The van der Waals surface area contributed by atoms with E-state index < -0.39 is 8.32 Å². The maximum absolute atomic E-state index is 6.34. The van der Waals surface area contributed by atoms with Gasteiger partial charge in [0.15, 0.2) is 0 Å². The fraction of sp³-hybridized carbons (Fsp3) is 0.333. The van der Waals surface area contributed by atoms with Gasteiger partial charge in [0, 0.05) is 5.92 Å². The van der Waals surface area contributed by atoms with Crippen molar-refractivity contribution in [3.63, 3.8) is 0 Å². The molecule has 0 spiro atoms. The van der Waals surface area contributed by atoms with E-state index in [0.29, 0.717) is 12.5 Å². The van der Waals surface area contributed by atoms with Gasteiger partial charge >= 0.3 is 0 Å². The van der Waals surface area contributed by atoms with Gasteiger partial charge in [-0.15, -0.1) is 0 Å². The Balaban J connectivity index is 1.90. The number of ether oxygens (including phenoxy) is 1. The second-order valence-corrected chi connectivity index (χ2v) is 11.7. The second-order valence-electron chi connectivity index (χ2n) is 7.28. The molecule has 0 bridgehead atoms. The van der Waals surface area contributed by atoms with Crippen LogP contribution in [0.3, 0.4) is 0 Å². The summed E-state index contributed by atoms with van der Waals surface area (Å²) in [5.41, 5.74) is 2.55. The third kappa shape index (κ3) is 4.37. The van der Waals surface area contributed by atoms with Crippen LogP contribution in [0.25, 0.3) is 0 Å². The first-order chi connectivity index (χ1) is 11.5. The van der Waals surface area contributed by atoms with Crippen LogP contribution in [0.1, 0.15) is 29.6 Å². The van der Waals surface area contributed by atoms with Gasteiger partial charge in [-0.25, -0.2) is 0 Å². The first kappa shape index (κ1) is 17.0. The second kappa shape index (κ2) is 7.37. The van der Waals surface area contributed by atoms with Gasteiger partial charge in [0.1, 0.15) is 12.4 Å². The quantitative estimate of drug-likeness (QED) is 0.669. The zero-order valence-electron chi connectivity index (χ0n) is 14.7. The molecule has 1 heterocycles. The Labute approximate surface area is 146 Å². The predicted octanol–water partition coefficient (Wildman–Crippen LogP) is 5.67. The van der Waals surface area contributed by atoms with Crippen molar-refractivity contribution in [2.75, 3.05) is 6.61 Å². The molecule has 126 valence electrons. The van der Waals surface area contributed by atoms with Gasteiger partial charge in [0.2, 0.25) is 8.32 Å². The van der Waals surface area contributed by atoms with Gasteiger partial charge in [-0.3, -0.25) is 0 Å². The molecule has 24 heavy (non-hydrogen) atoms. The Hall–Kier alpha value is -1.84. The molecule has 0 aliphatic carbocycles. The molecule has 3 rings (SSSR count). The number of rotatable bonds is 4. The Bertz CT molecular complexity index is 674. The third-order valence-corrected chi connectivity index (χ3v) is 5.04. The van der Waals surface area contributed by atoms with Gasteiger partial charge < -0.3 is 9.16 Å². The van der Waals surface area contributed by atoms with Crippen molar-refractivity contribution in [3.05, 3.63) is 83.6 Å². The van der Waals surface area contributed by atoms with E-state index in [2.05, 4.69) is 86.4 Å². The monoisotopic (exact) mass is 338 g/mol. The minimum absolute atomic E-state index is 0.0487. The van der Waals surface area contributed by atoms with Crippen LogP contribution < -0.4 is 0 Å². The molecular weight excluding hydrogens is 312 g/mol. The fourth-order valence-electron chi connectivity index (χ4n) is 3.18. The first-order valence-electron chi connectivity index (χ1n) is 8.62. The molecule has 1 aliphatic heterocycles. The highest BCUT2D eigenvalue weighted by molar-refractivity contribution is 6.70. The Morgan fingerprint density at radius 3 is 2.04 bits per heavy atom. The summed E-state index contributed by atoms with van der Waals surface area (Å²) in [7, 11) is -1.62. The van der Waals surface area contributed by atoms with Crippen LogP contribution in [0, 0.1) is 0 Å². The van der Waals surface area contributed by atoms with E-state index in [1.54, 1.807) is 0 Å². The zero-order chi connectivity index (χ0) is 17.0. The van der Waals surface area contributed by atoms with Crippen LogP contribution in [0.4, 0.5) is 0 Å². The maximum Gasteiger partial charge on any atom is 0.241 e. The summed E-state index contributed by atoms with van der Waals surface area (Å²) in [5, 5.41) is 0. The number of hydrogen-bond acceptors (Lipinski definition) is 2. The van der Waals surface area contributed by atoms with Gasteiger partial charge in [-0.1, -0.05) is 60.7 Å². The molecule has 0 unspecified atom stereocenters. The maximum atomic E-state index is 6.34. The molecule has 2 aromatic carbocycles. The lowest BCUT2D eigenvalue weighted by Gasteiger charge is -2.26. The predicted molar refractivity (Wildman–Crippen MR) is 101 cm³/mol. The molecule has 2 nitrogen and oxygen atoms in total. The van der Waals surface area contributed by atoms with Gasteiger partial charge in [-0.2, -0.15) is 0 Å². The largest absolute Gasteiger partial charge is 0.546 e. The van der Waals surface area contributed by atoms with Crippen LogP contribution in [-0.4, -0.2) is 14.9 Å². The standard InChI is InChI=1S/C21H26O2Si/c1-24(2,3)23-19-14-15-20(17-10-6-4-7-11-17)21(22-16-19)18-12-8-5-9-13-18/h4-14,20-21H,15-16H2,1-3H3/t20-,21-/m1/s1. The number of hydrogen-bond donors (Lipinski definition) is 0. The van der Waals surface area contributed by atoms with Crippen LogP contribution in [-0.2, 0) is 9.16 Å². The summed E-state index contributed by atoms with van der Waals surface area (Å²) in [4.78, 5) is 0. The van der Waals surface area contributed by atoms with Gasteiger partial charge in [0.05, 0.1) is 6.10 Å². The highest BCUT2D eigenvalue weighted by atomic mass is 28.4. The molecule has 0 fully saturated rings. The van der Waals surface area contributed by atoms with E-state index in [1.807, 2.05) is 0 Å².